The summed E-state index contributed by atoms with van der Waals surface area (Å²) >= 11 is 5.82. The third-order valence-corrected chi connectivity index (χ3v) is 3.57. The number of aliphatic hydroxyl groups excluding tert-OH is 1. The molecule has 2 N–H and O–H groups in total. The van der Waals surface area contributed by atoms with Gasteiger partial charge in [-0.1, -0.05) is 29.8 Å². The second-order valence-corrected chi connectivity index (χ2v) is 5.27. The summed E-state index contributed by atoms with van der Waals surface area (Å²) in [5.41, 5.74) is 0.661. The summed E-state index contributed by atoms with van der Waals surface area (Å²) in [5, 5.41) is 13.6. The van der Waals surface area contributed by atoms with Crippen LogP contribution in [0.2, 0.25) is 5.02 Å². The average Bonchev–Trinajstić information content (AvgIpc) is 2.45. The van der Waals surface area contributed by atoms with E-state index < -0.39 is 17.7 Å². The van der Waals surface area contributed by atoms with Gasteiger partial charge in [0.2, 0.25) is 0 Å². The maximum Gasteiger partial charge on any atom is 0.131 e. The highest BCUT2D eigenvalue weighted by Crippen LogP contribution is 2.21. The van der Waals surface area contributed by atoms with Crippen molar-refractivity contribution in [2.24, 2.45) is 0 Å². The molecule has 0 heterocycles. The molecule has 2 atom stereocenters. The Bertz CT molecular complexity index is 583. The highest BCUT2D eigenvalue weighted by atomic mass is 35.5. The Balaban J connectivity index is 2.00. The van der Waals surface area contributed by atoms with Gasteiger partial charge in [0, 0.05) is 17.6 Å². The first-order valence-corrected chi connectivity index (χ1v) is 6.97. The van der Waals surface area contributed by atoms with Crippen LogP contribution in [0.3, 0.4) is 0 Å². The molecule has 0 radical (unpaired) electrons. The van der Waals surface area contributed by atoms with Gasteiger partial charge in [-0.05, 0) is 36.8 Å². The van der Waals surface area contributed by atoms with E-state index >= 15 is 0 Å². The molecule has 112 valence electrons. The van der Waals surface area contributed by atoms with Crippen LogP contribution in [0.15, 0.2) is 42.5 Å². The van der Waals surface area contributed by atoms with Gasteiger partial charge in [0.25, 0.3) is 0 Å². The van der Waals surface area contributed by atoms with E-state index in [0.29, 0.717) is 5.02 Å². The van der Waals surface area contributed by atoms with Crippen LogP contribution < -0.4 is 5.32 Å². The number of hydrogen-bond donors (Lipinski definition) is 2. The molecule has 0 saturated heterocycles. The van der Waals surface area contributed by atoms with Crippen molar-refractivity contribution in [3.63, 3.8) is 0 Å². The Labute approximate surface area is 127 Å². The van der Waals surface area contributed by atoms with Crippen LogP contribution in [-0.4, -0.2) is 11.7 Å². The quantitative estimate of drug-likeness (QED) is 0.874. The topological polar surface area (TPSA) is 32.3 Å². The van der Waals surface area contributed by atoms with E-state index in [4.69, 9.17) is 11.6 Å². The fourth-order valence-electron chi connectivity index (χ4n) is 2.09. The van der Waals surface area contributed by atoms with Gasteiger partial charge in [0.15, 0.2) is 0 Å². The molecule has 21 heavy (non-hydrogen) atoms. The number of nitrogens with one attached hydrogen (secondary N) is 1. The molecule has 0 fully saturated rings. The van der Waals surface area contributed by atoms with Crippen molar-refractivity contribution in [3.8, 4) is 0 Å². The van der Waals surface area contributed by atoms with Gasteiger partial charge in [-0.3, -0.25) is 0 Å². The summed E-state index contributed by atoms with van der Waals surface area (Å²) in [4.78, 5) is 0. The molecule has 0 spiro atoms. The van der Waals surface area contributed by atoms with E-state index in [1.165, 1.54) is 6.07 Å². The number of benzene rings is 2. The summed E-state index contributed by atoms with van der Waals surface area (Å²) in [5.74, 6) is -1.49. The molecule has 2 aromatic carbocycles. The molecule has 0 saturated carbocycles. The zero-order valence-corrected chi connectivity index (χ0v) is 12.2. The highest BCUT2D eigenvalue weighted by molar-refractivity contribution is 6.30. The molecule has 2 nitrogen and oxygen atoms in total. The molecule has 0 bridgehead atoms. The van der Waals surface area contributed by atoms with Crippen molar-refractivity contribution < 1.29 is 13.9 Å². The third-order valence-electron chi connectivity index (χ3n) is 3.32. The first-order valence-electron chi connectivity index (χ1n) is 6.60. The molecule has 0 aliphatic rings. The van der Waals surface area contributed by atoms with E-state index in [0.717, 1.165) is 17.7 Å². The van der Waals surface area contributed by atoms with Crippen LogP contribution in [0.4, 0.5) is 8.78 Å². The van der Waals surface area contributed by atoms with Crippen LogP contribution in [0.25, 0.3) is 0 Å². The smallest absolute Gasteiger partial charge is 0.131 e. The number of aliphatic hydroxyl groups is 1. The van der Waals surface area contributed by atoms with Crippen molar-refractivity contribution in [1.82, 2.24) is 5.32 Å². The molecule has 2 aromatic rings. The van der Waals surface area contributed by atoms with Gasteiger partial charge in [0.1, 0.15) is 11.6 Å². The number of hydrogen-bond acceptors (Lipinski definition) is 2. The lowest BCUT2D eigenvalue weighted by Crippen LogP contribution is -2.25. The molecule has 0 aliphatic carbocycles. The van der Waals surface area contributed by atoms with Crippen molar-refractivity contribution >= 4 is 11.6 Å². The Morgan fingerprint density at radius 1 is 1.10 bits per heavy atom. The predicted molar refractivity (Wildman–Crippen MR) is 79.2 cm³/mol. The summed E-state index contributed by atoms with van der Waals surface area (Å²) < 4.78 is 27.1. The van der Waals surface area contributed by atoms with Gasteiger partial charge in [-0.25, -0.2) is 8.78 Å². The Kier molecular flexibility index (Phi) is 5.28. The lowest BCUT2D eigenvalue weighted by molar-refractivity contribution is 0.161. The van der Waals surface area contributed by atoms with Crippen LogP contribution in [0.1, 0.15) is 30.2 Å². The van der Waals surface area contributed by atoms with Crippen molar-refractivity contribution in [2.45, 2.75) is 19.1 Å². The van der Waals surface area contributed by atoms with Crippen molar-refractivity contribution in [2.75, 3.05) is 6.54 Å². The minimum absolute atomic E-state index is 0.0433. The molecule has 0 aliphatic heterocycles. The van der Waals surface area contributed by atoms with E-state index in [1.54, 1.807) is 12.1 Å². The molecule has 2 unspecified atom stereocenters. The maximum atomic E-state index is 13.6. The molecule has 5 heteroatoms. The predicted octanol–water partition coefficient (Wildman–Crippen LogP) is 4.00. The largest absolute Gasteiger partial charge is 0.387 e. The molecular weight excluding hydrogens is 296 g/mol. The van der Waals surface area contributed by atoms with Crippen molar-refractivity contribution in [3.05, 3.63) is 70.2 Å². The lowest BCUT2D eigenvalue weighted by atomic mass is 10.1. The fourth-order valence-corrected chi connectivity index (χ4v) is 2.21. The number of rotatable bonds is 5. The normalized spacial score (nSPS) is 14.0. The standard InChI is InChI=1S/C16H16ClF2NO/c1-10(11-5-7-12(17)8-6-11)20-9-15(21)16-13(18)3-2-4-14(16)19/h2-8,10,15,20-21H,9H2,1H3. The van der Waals surface area contributed by atoms with E-state index in [-0.39, 0.29) is 18.2 Å². The first-order chi connectivity index (χ1) is 9.99. The Morgan fingerprint density at radius 2 is 1.67 bits per heavy atom. The third kappa shape index (κ3) is 4.00. The Hall–Kier alpha value is -1.49. The van der Waals surface area contributed by atoms with Crippen LogP contribution in [0, 0.1) is 11.6 Å². The van der Waals surface area contributed by atoms with Crippen LogP contribution >= 0.6 is 11.6 Å². The molecule has 0 aromatic heterocycles. The fraction of sp³-hybridized carbons (Fsp3) is 0.250. The second kappa shape index (κ2) is 6.98. The van der Waals surface area contributed by atoms with E-state index in [1.807, 2.05) is 19.1 Å². The van der Waals surface area contributed by atoms with E-state index in [9.17, 15) is 13.9 Å². The molecule has 0 amide bonds. The maximum absolute atomic E-state index is 13.6. The number of halogens is 3. The minimum Gasteiger partial charge on any atom is -0.387 e. The summed E-state index contributed by atoms with van der Waals surface area (Å²) in [6, 6.07) is 10.7. The summed E-state index contributed by atoms with van der Waals surface area (Å²) in [6.07, 6.45) is -1.25. The zero-order chi connectivity index (χ0) is 15.4. The first kappa shape index (κ1) is 15.9. The van der Waals surface area contributed by atoms with Gasteiger partial charge in [0.05, 0.1) is 11.7 Å². The SMILES string of the molecule is CC(NCC(O)c1c(F)cccc1F)c1ccc(Cl)cc1. The van der Waals surface area contributed by atoms with Crippen LogP contribution in [0.5, 0.6) is 0 Å². The summed E-state index contributed by atoms with van der Waals surface area (Å²) in [7, 11) is 0. The highest BCUT2D eigenvalue weighted by Gasteiger charge is 2.18. The van der Waals surface area contributed by atoms with Crippen LogP contribution in [-0.2, 0) is 0 Å². The average molecular weight is 312 g/mol. The second-order valence-electron chi connectivity index (χ2n) is 4.83. The van der Waals surface area contributed by atoms with Gasteiger partial charge in [-0.2, -0.15) is 0 Å². The molecular formula is C16H16ClF2NO. The summed E-state index contributed by atoms with van der Waals surface area (Å²) in [6.45, 7) is 1.94. The van der Waals surface area contributed by atoms with Gasteiger partial charge < -0.3 is 10.4 Å². The van der Waals surface area contributed by atoms with E-state index in [2.05, 4.69) is 5.32 Å². The lowest BCUT2D eigenvalue weighted by Gasteiger charge is -2.18. The van der Waals surface area contributed by atoms with Gasteiger partial charge >= 0.3 is 0 Å². The zero-order valence-electron chi connectivity index (χ0n) is 11.5. The Morgan fingerprint density at radius 3 is 2.24 bits per heavy atom. The molecule has 2 rings (SSSR count). The monoisotopic (exact) mass is 311 g/mol. The minimum atomic E-state index is -1.25. The van der Waals surface area contributed by atoms with Crippen molar-refractivity contribution in [1.29, 1.82) is 0 Å². The van der Waals surface area contributed by atoms with Gasteiger partial charge in [-0.15, -0.1) is 0 Å².